The maximum atomic E-state index is 4.27. The van der Waals surface area contributed by atoms with E-state index in [2.05, 4.69) is 25.1 Å². The van der Waals surface area contributed by atoms with Gasteiger partial charge >= 0.3 is 0 Å². The van der Waals surface area contributed by atoms with Crippen molar-refractivity contribution in [2.45, 2.75) is 10.8 Å². The lowest BCUT2D eigenvalue weighted by Gasteiger charge is -2.01. The molecule has 0 fully saturated rings. The summed E-state index contributed by atoms with van der Waals surface area (Å²) in [7, 11) is 0. The number of aromatic nitrogens is 5. The van der Waals surface area contributed by atoms with Gasteiger partial charge in [-0.15, -0.1) is 11.8 Å². The van der Waals surface area contributed by atoms with Crippen LogP contribution in [-0.2, 0) is 5.75 Å². The molecule has 0 aliphatic carbocycles. The SMILES string of the molecule is c1cncc(CSc2ncnc3[nH]ncc23)c1. The summed E-state index contributed by atoms with van der Waals surface area (Å²) in [6.07, 6.45) is 6.93. The zero-order valence-corrected chi connectivity index (χ0v) is 9.68. The van der Waals surface area contributed by atoms with E-state index in [1.807, 2.05) is 18.3 Å². The fourth-order valence-corrected chi connectivity index (χ4v) is 2.39. The number of hydrogen-bond acceptors (Lipinski definition) is 5. The minimum Gasteiger partial charge on any atom is -0.264 e. The van der Waals surface area contributed by atoms with Crippen molar-refractivity contribution in [3.05, 3.63) is 42.6 Å². The Balaban J connectivity index is 1.84. The number of rotatable bonds is 3. The molecule has 5 nitrogen and oxygen atoms in total. The number of thioether (sulfide) groups is 1. The molecule has 0 saturated carbocycles. The first-order valence-corrected chi connectivity index (χ1v) is 6.08. The zero-order chi connectivity index (χ0) is 11.5. The molecule has 0 bridgehead atoms. The van der Waals surface area contributed by atoms with Gasteiger partial charge in [-0.05, 0) is 11.6 Å². The summed E-state index contributed by atoms with van der Waals surface area (Å²) < 4.78 is 0. The zero-order valence-electron chi connectivity index (χ0n) is 8.87. The summed E-state index contributed by atoms with van der Waals surface area (Å²) in [4.78, 5) is 12.5. The fourth-order valence-electron chi connectivity index (χ4n) is 1.49. The van der Waals surface area contributed by atoms with E-state index < -0.39 is 0 Å². The molecule has 0 radical (unpaired) electrons. The fraction of sp³-hybridized carbons (Fsp3) is 0.0909. The first kappa shape index (κ1) is 10.2. The Morgan fingerprint density at radius 3 is 3.12 bits per heavy atom. The minimum atomic E-state index is 0.772. The van der Waals surface area contributed by atoms with E-state index in [1.54, 1.807) is 30.5 Å². The van der Waals surface area contributed by atoms with Gasteiger partial charge in [0.2, 0.25) is 0 Å². The Morgan fingerprint density at radius 2 is 2.24 bits per heavy atom. The van der Waals surface area contributed by atoms with Crippen LogP contribution in [-0.4, -0.2) is 25.1 Å². The second kappa shape index (κ2) is 4.50. The summed E-state index contributed by atoms with van der Waals surface area (Å²) in [5.74, 6) is 0.838. The Bertz CT molecular complexity index is 622. The van der Waals surface area contributed by atoms with E-state index in [0.717, 1.165) is 21.8 Å². The number of hydrogen-bond donors (Lipinski definition) is 1. The highest BCUT2D eigenvalue weighted by molar-refractivity contribution is 7.98. The monoisotopic (exact) mass is 243 g/mol. The number of nitrogens with one attached hydrogen (secondary N) is 1. The molecule has 0 saturated heterocycles. The van der Waals surface area contributed by atoms with E-state index in [4.69, 9.17) is 0 Å². The molecule has 3 rings (SSSR count). The summed E-state index contributed by atoms with van der Waals surface area (Å²) in [6, 6.07) is 3.98. The molecule has 3 aromatic rings. The highest BCUT2D eigenvalue weighted by Crippen LogP contribution is 2.25. The molecule has 0 spiro atoms. The lowest BCUT2D eigenvalue weighted by molar-refractivity contribution is 1.07. The minimum absolute atomic E-state index is 0.772. The predicted molar refractivity (Wildman–Crippen MR) is 65.5 cm³/mol. The van der Waals surface area contributed by atoms with Gasteiger partial charge in [0.15, 0.2) is 5.65 Å². The quantitative estimate of drug-likeness (QED) is 0.563. The second-order valence-corrected chi connectivity index (χ2v) is 4.43. The smallest absolute Gasteiger partial charge is 0.159 e. The average molecular weight is 243 g/mol. The van der Waals surface area contributed by atoms with Crippen molar-refractivity contribution >= 4 is 22.8 Å². The standard InChI is InChI=1S/C11H9N5S/c1-2-8(4-12-3-1)6-17-11-9-5-15-16-10(9)13-7-14-11/h1-5,7H,6H2,(H,13,14,15,16). The number of H-pyrrole nitrogens is 1. The van der Waals surface area contributed by atoms with Crippen LogP contribution < -0.4 is 0 Å². The average Bonchev–Trinajstić information content (AvgIpc) is 2.86. The molecule has 0 aliphatic rings. The van der Waals surface area contributed by atoms with Crippen molar-refractivity contribution in [3.63, 3.8) is 0 Å². The molecule has 0 aromatic carbocycles. The lowest BCUT2D eigenvalue weighted by Crippen LogP contribution is -1.86. The lowest BCUT2D eigenvalue weighted by atomic mass is 10.3. The number of nitrogens with zero attached hydrogens (tertiary/aromatic N) is 4. The van der Waals surface area contributed by atoms with Crippen molar-refractivity contribution in [2.75, 3.05) is 0 Å². The van der Waals surface area contributed by atoms with Crippen LogP contribution in [0, 0.1) is 0 Å². The first-order chi connectivity index (χ1) is 8.43. The van der Waals surface area contributed by atoms with Crippen LogP contribution in [0.5, 0.6) is 0 Å². The Morgan fingerprint density at radius 1 is 1.24 bits per heavy atom. The highest BCUT2D eigenvalue weighted by atomic mass is 32.2. The van der Waals surface area contributed by atoms with E-state index >= 15 is 0 Å². The van der Waals surface area contributed by atoms with Crippen molar-refractivity contribution < 1.29 is 0 Å². The highest BCUT2D eigenvalue weighted by Gasteiger charge is 2.05. The van der Waals surface area contributed by atoms with Crippen LogP contribution in [0.15, 0.2) is 42.1 Å². The first-order valence-electron chi connectivity index (χ1n) is 5.09. The molecule has 0 amide bonds. The van der Waals surface area contributed by atoms with Gasteiger partial charge in [-0.1, -0.05) is 6.07 Å². The number of aromatic amines is 1. The van der Waals surface area contributed by atoms with Gasteiger partial charge in [0.05, 0.1) is 11.6 Å². The normalized spacial score (nSPS) is 10.8. The van der Waals surface area contributed by atoms with Gasteiger partial charge in [0.25, 0.3) is 0 Å². The molecular weight excluding hydrogens is 234 g/mol. The predicted octanol–water partition coefficient (Wildman–Crippen LogP) is 2.04. The van der Waals surface area contributed by atoms with Gasteiger partial charge in [-0.25, -0.2) is 9.97 Å². The van der Waals surface area contributed by atoms with Gasteiger partial charge in [0.1, 0.15) is 11.4 Å². The van der Waals surface area contributed by atoms with E-state index in [0.29, 0.717) is 0 Å². The maximum absolute atomic E-state index is 4.27. The molecule has 3 aromatic heterocycles. The largest absolute Gasteiger partial charge is 0.264 e. The number of pyridine rings is 1. The van der Waals surface area contributed by atoms with Gasteiger partial charge in [0, 0.05) is 18.1 Å². The van der Waals surface area contributed by atoms with Crippen LogP contribution in [0.3, 0.4) is 0 Å². The maximum Gasteiger partial charge on any atom is 0.159 e. The molecule has 3 heterocycles. The third kappa shape index (κ3) is 2.12. The van der Waals surface area contributed by atoms with Crippen molar-refractivity contribution in [3.8, 4) is 0 Å². The van der Waals surface area contributed by atoms with Crippen molar-refractivity contribution in [1.29, 1.82) is 0 Å². The molecule has 0 aliphatic heterocycles. The summed E-state index contributed by atoms with van der Waals surface area (Å²) in [5.41, 5.74) is 1.95. The van der Waals surface area contributed by atoms with Crippen molar-refractivity contribution in [1.82, 2.24) is 25.1 Å². The van der Waals surface area contributed by atoms with Gasteiger partial charge in [-0.2, -0.15) is 5.10 Å². The summed E-state index contributed by atoms with van der Waals surface area (Å²) in [6.45, 7) is 0. The molecule has 84 valence electrons. The third-order valence-corrected chi connectivity index (χ3v) is 3.39. The molecule has 0 unspecified atom stereocenters. The molecule has 1 N–H and O–H groups in total. The Hall–Kier alpha value is -1.95. The van der Waals surface area contributed by atoms with Crippen LogP contribution in [0.1, 0.15) is 5.56 Å². The Kier molecular flexibility index (Phi) is 2.71. The third-order valence-electron chi connectivity index (χ3n) is 2.31. The van der Waals surface area contributed by atoms with Gasteiger partial charge < -0.3 is 0 Å². The molecule has 6 heteroatoms. The number of fused-ring (bicyclic) bond motifs is 1. The molecular formula is C11H9N5S. The summed E-state index contributed by atoms with van der Waals surface area (Å²) >= 11 is 1.66. The molecule has 0 atom stereocenters. The second-order valence-electron chi connectivity index (χ2n) is 3.46. The van der Waals surface area contributed by atoms with Gasteiger partial charge in [-0.3, -0.25) is 10.1 Å². The van der Waals surface area contributed by atoms with Crippen LogP contribution >= 0.6 is 11.8 Å². The van der Waals surface area contributed by atoms with Crippen LogP contribution in [0.4, 0.5) is 0 Å². The Labute approximate surface area is 102 Å². The van der Waals surface area contributed by atoms with Crippen molar-refractivity contribution in [2.24, 2.45) is 0 Å². The summed E-state index contributed by atoms with van der Waals surface area (Å²) in [5, 5.41) is 8.69. The molecule has 17 heavy (non-hydrogen) atoms. The van der Waals surface area contributed by atoms with E-state index in [9.17, 15) is 0 Å². The topological polar surface area (TPSA) is 67.3 Å². The van der Waals surface area contributed by atoms with Crippen LogP contribution in [0.25, 0.3) is 11.0 Å². The van der Waals surface area contributed by atoms with Crippen LogP contribution in [0.2, 0.25) is 0 Å². The van der Waals surface area contributed by atoms with E-state index in [1.165, 1.54) is 5.56 Å². The van der Waals surface area contributed by atoms with E-state index in [-0.39, 0.29) is 0 Å².